The zero-order chi connectivity index (χ0) is 17.4. The fraction of sp³-hybridized carbons (Fsp3) is 0.556. The van der Waals surface area contributed by atoms with E-state index in [0.717, 1.165) is 43.5 Å². The smallest absolute Gasteiger partial charge is 0.190 e. The number of aryl methyl sites for hydroxylation is 1. The summed E-state index contributed by atoms with van der Waals surface area (Å²) < 4.78 is 2.27. The summed E-state index contributed by atoms with van der Waals surface area (Å²) in [5.74, 6) is 1.72. The highest BCUT2D eigenvalue weighted by Crippen LogP contribution is 2.17. The van der Waals surface area contributed by atoms with Crippen LogP contribution in [0.15, 0.2) is 34.3 Å². The minimum atomic E-state index is 0.605. The lowest BCUT2D eigenvalue weighted by atomic mass is 10.2. The van der Waals surface area contributed by atoms with Crippen molar-refractivity contribution in [3.8, 4) is 0 Å². The Labute approximate surface area is 154 Å². The van der Waals surface area contributed by atoms with Crippen LogP contribution in [0.25, 0.3) is 0 Å². The second-order valence-corrected chi connectivity index (χ2v) is 7.89. The highest BCUT2D eigenvalue weighted by molar-refractivity contribution is 7.98. The van der Waals surface area contributed by atoms with Crippen LogP contribution < -0.4 is 5.32 Å². The predicted molar refractivity (Wildman–Crippen MR) is 105 cm³/mol. The van der Waals surface area contributed by atoms with E-state index in [4.69, 9.17) is 0 Å². The first kappa shape index (κ1) is 19.3. The summed E-state index contributed by atoms with van der Waals surface area (Å²) in [6, 6.07) is 8.76. The van der Waals surface area contributed by atoms with Gasteiger partial charge in [0.15, 0.2) is 5.16 Å². The Morgan fingerprint density at radius 1 is 1.08 bits per heavy atom. The van der Waals surface area contributed by atoms with Gasteiger partial charge in [-0.15, -0.1) is 22.0 Å². The van der Waals surface area contributed by atoms with Gasteiger partial charge in [0.2, 0.25) is 0 Å². The number of thioether (sulfide) groups is 2. The SMILES string of the molecule is CSc1ccc(CNCCCc2nnc(SC)n2CC(C)C)cc1. The normalized spacial score (nSPS) is 11.4. The Morgan fingerprint density at radius 3 is 2.46 bits per heavy atom. The van der Waals surface area contributed by atoms with Gasteiger partial charge in [0.05, 0.1) is 0 Å². The maximum Gasteiger partial charge on any atom is 0.190 e. The van der Waals surface area contributed by atoms with Crippen molar-refractivity contribution >= 4 is 23.5 Å². The number of aromatic nitrogens is 3. The number of hydrogen-bond acceptors (Lipinski definition) is 5. The van der Waals surface area contributed by atoms with E-state index < -0.39 is 0 Å². The zero-order valence-corrected chi connectivity index (χ0v) is 16.7. The lowest BCUT2D eigenvalue weighted by Crippen LogP contribution is -2.16. The molecule has 0 aliphatic heterocycles. The number of rotatable bonds is 10. The van der Waals surface area contributed by atoms with E-state index in [9.17, 15) is 0 Å². The molecule has 0 unspecified atom stereocenters. The third-order valence-corrected chi connectivity index (χ3v) is 5.18. The summed E-state index contributed by atoms with van der Waals surface area (Å²) >= 11 is 3.45. The molecule has 0 aliphatic rings. The molecular weight excluding hydrogens is 336 g/mol. The molecule has 4 nitrogen and oxygen atoms in total. The van der Waals surface area contributed by atoms with E-state index in [1.165, 1.54) is 10.5 Å². The van der Waals surface area contributed by atoms with Crippen molar-refractivity contribution in [2.75, 3.05) is 19.1 Å². The molecule has 0 saturated carbocycles. The van der Waals surface area contributed by atoms with Gasteiger partial charge in [-0.3, -0.25) is 0 Å². The average Bonchev–Trinajstić information content (AvgIpc) is 2.96. The summed E-state index contributed by atoms with van der Waals surface area (Å²) in [5.41, 5.74) is 1.33. The van der Waals surface area contributed by atoms with Gasteiger partial charge in [-0.05, 0) is 49.1 Å². The molecule has 2 aromatic rings. The second-order valence-electron chi connectivity index (χ2n) is 6.24. The molecule has 0 saturated heterocycles. The minimum absolute atomic E-state index is 0.605. The van der Waals surface area contributed by atoms with E-state index in [0.29, 0.717) is 5.92 Å². The average molecular weight is 365 g/mol. The molecule has 0 fully saturated rings. The Kier molecular flexibility index (Phi) is 8.15. The molecule has 6 heteroatoms. The summed E-state index contributed by atoms with van der Waals surface area (Å²) in [7, 11) is 0. The summed E-state index contributed by atoms with van der Waals surface area (Å²) in [4.78, 5) is 1.31. The van der Waals surface area contributed by atoms with Gasteiger partial charge < -0.3 is 9.88 Å². The lowest BCUT2D eigenvalue weighted by molar-refractivity contribution is 0.475. The molecule has 0 spiro atoms. The van der Waals surface area contributed by atoms with E-state index in [1.54, 1.807) is 23.5 Å². The molecule has 0 atom stereocenters. The van der Waals surface area contributed by atoms with Crippen molar-refractivity contribution in [1.29, 1.82) is 0 Å². The number of benzene rings is 1. The van der Waals surface area contributed by atoms with Crippen molar-refractivity contribution in [2.24, 2.45) is 5.92 Å². The molecule has 1 N–H and O–H groups in total. The molecule has 2 rings (SSSR count). The van der Waals surface area contributed by atoms with E-state index in [1.807, 2.05) is 0 Å². The highest BCUT2D eigenvalue weighted by Gasteiger charge is 2.12. The third kappa shape index (κ3) is 5.83. The van der Waals surface area contributed by atoms with Crippen molar-refractivity contribution in [1.82, 2.24) is 20.1 Å². The minimum Gasteiger partial charge on any atom is -0.313 e. The Hall–Kier alpha value is -0.980. The van der Waals surface area contributed by atoms with Gasteiger partial charge in [0.1, 0.15) is 5.82 Å². The predicted octanol–water partition coefficient (Wildman–Crippen LogP) is 4.10. The number of nitrogens with zero attached hydrogens (tertiary/aromatic N) is 3. The number of nitrogens with one attached hydrogen (secondary N) is 1. The van der Waals surface area contributed by atoms with Gasteiger partial charge in [-0.2, -0.15) is 0 Å². The molecule has 1 heterocycles. The monoisotopic (exact) mass is 364 g/mol. The van der Waals surface area contributed by atoms with Crippen LogP contribution in [0, 0.1) is 5.92 Å². The fourth-order valence-corrected chi connectivity index (χ4v) is 3.48. The largest absolute Gasteiger partial charge is 0.313 e. The van der Waals surface area contributed by atoms with Gasteiger partial charge in [0, 0.05) is 24.4 Å². The Bertz CT molecular complexity index is 608. The van der Waals surface area contributed by atoms with Gasteiger partial charge in [0.25, 0.3) is 0 Å². The quantitative estimate of drug-likeness (QED) is 0.508. The Balaban J connectivity index is 1.76. The topological polar surface area (TPSA) is 42.7 Å². The first-order chi connectivity index (χ1) is 11.6. The molecule has 0 aliphatic carbocycles. The summed E-state index contributed by atoms with van der Waals surface area (Å²) in [6.45, 7) is 7.38. The molecule has 0 radical (unpaired) electrons. The van der Waals surface area contributed by atoms with Crippen LogP contribution in [0.2, 0.25) is 0 Å². The van der Waals surface area contributed by atoms with Crippen LogP contribution in [0.1, 0.15) is 31.7 Å². The molecular formula is C18H28N4S2. The van der Waals surface area contributed by atoms with Gasteiger partial charge in [-0.25, -0.2) is 0 Å². The van der Waals surface area contributed by atoms with E-state index in [-0.39, 0.29) is 0 Å². The summed E-state index contributed by atoms with van der Waals surface area (Å²) in [5, 5.41) is 13.2. The third-order valence-electron chi connectivity index (χ3n) is 3.77. The van der Waals surface area contributed by atoms with Gasteiger partial charge >= 0.3 is 0 Å². The maximum atomic E-state index is 4.38. The second kappa shape index (κ2) is 10.1. The molecule has 1 aromatic heterocycles. The number of hydrogen-bond donors (Lipinski definition) is 1. The van der Waals surface area contributed by atoms with E-state index >= 15 is 0 Å². The summed E-state index contributed by atoms with van der Waals surface area (Å²) in [6.07, 6.45) is 6.22. The van der Waals surface area contributed by atoms with Crippen LogP contribution >= 0.6 is 23.5 Å². The maximum absolute atomic E-state index is 4.38. The van der Waals surface area contributed by atoms with Gasteiger partial charge in [-0.1, -0.05) is 37.7 Å². The molecule has 24 heavy (non-hydrogen) atoms. The first-order valence-corrected chi connectivity index (χ1v) is 10.9. The van der Waals surface area contributed by atoms with Crippen LogP contribution in [-0.2, 0) is 19.5 Å². The van der Waals surface area contributed by atoms with Crippen molar-refractivity contribution < 1.29 is 0 Å². The molecule has 1 aromatic carbocycles. The lowest BCUT2D eigenvalue weighted by Gasteiger charge is -2.11. The zero-order valence-electron chi connectivity index (χ0n) is 15.1. The van der Waals surface area contributed by atoms with Crippen molar-refractivity contribution in [3.63, 3.8) is 0 Å². The fourth-order valence-electron chi connectivity index (χ4n) is 2.55. The standard InChI is InChI=1S/C18H28N4S2/c1-14(2)13-22-17(20-21-18(22)24-4)6-5-11-19-12-15-7-9-16(23-3)10-8-15/h7-10,14,19H,5-6,11-13H2,1-4H3. The highest BCUT2D eigenvalue weighted by atomic mass is 32.2. The molecule has 0 amide bonds. The van der Waals surface area contributed by atoms with Crippen LogP contribution in [0.4, 0.5) is 0 Å². The first-order valence-electron chi connectivity index (χ1n) is 8.43. The Morgan fingerprint density at radius 2 is 1.83 bits per heavy atom. The van der Waals surface area contributed by atoms with Crippen LogP contribution in [-0.4, -0.2) is 33.8 Å². The van der Waals surface area contributed by atoms with Crippen LogP contribution in [0.3, 0.4) is 0 Å². The van der Waals surface area contributed by atoms with Crippen LogP contribution in [0.5, 0.6) is 0 Å². The van der Waals surface area contributed by atoms with Crippen molar-refractivity contribution in [2.45, 2.75) is 49.8 Å². The van der Waals surface area contributed by atoms with Crippen molar-refractivity contribution in [3.05, 3.63) is 35.7 Å². The molecule has 132 valence electrons. The van der Waals surface area contributed by atoms with E-state index in [2.05, 4.69) is 70.7 Å². The molecule has 0 bridgehead atoms.